The van der Waals surface area contributed by atoms with E-state index in [-0.39, 0.29) is 16.9 Å². The van der Waals surface area contributed by atoms with Crippen molar-refractivity contribution < 1.29 is 8.42 Å². The summed E-state index contributed by atoms with van der Waals surface area (Å²) in [5.74, 6) is 1.01. The average Bonchev–Trinajstić information content (AvgIpc) is 2.98. The minimum absolute atomic E-state index is 0.0351. The molecule has 0 unspecified atom stereocenters. The van der Waals surface area contributed by atoms with Crippen molar-refractivity contribution >= 4 is 10.0 Å². The van der Waals surface area contributed by atoms with Crippen LogP contribution in [0, 0.1) is 23.7 Å². The van der Waals surface area contributed by atoms with Gasteiger partial charge in [-0.05, 0) is 37.5 Å². The van der Waals surface area contributed by atoms with Crippen LogP contribution in [0.15, 0.2) is 6.20 Å². The average molecular weight is 323 g/mol. The molecule has 1 aliphatic heterocycles. The SMILES string of the molecule is Cc1nn(C)cc1CN1[C@@H]2C[C@H]3CC[C@]2(CS1(=O)=O)C3(C)C. The molecule has 3 atom stereocenters. The molecule has 4 rings (SSSR count). The molecule has 3 aliphatic rings. The molecule has 1 spiro atoms. The lowest BCUT2D eigenvalue weighted by Crippen LogP contribution is -2.41. The summed E-state index contributed by atoms with van der Waals surface area (Å²) in [6, 6.07) is 0.186. The van der Waals surface area contributed by atoms with Gasteiger partial charge in [-0.3, -0.25) is 4.68 Å². The number of rotatable bonds is 2. The zero-order chi connectivity index (χ0) is 15.9. The largest absolute Gasteiger partial charge is 0.275 e. The van der Waals surface area contributed by atoms with Crippen molar-refractivity contribution in [3.8, 4) is 0 Å². The van der Waals surface area contributed by atoms with Gasteiger partial charge in [-0.15, -0.1) is 0 Å². The van der Waals surface area contributed by atoms with Crippen LogP contribution in [-0.2, 0) is 23.6 Å². The van der Waals surface area contributed by atoms with Crippen molar-refractivity contribution in [1.29, 1.82) is 0 Å². The summed E-state index contributed by atoms with van der Waals surface area (Å²) < 4.78 is 29.3. The molecule has 5 nitrogen and oxygen atoms in total. The molecule has 0 N–H and O–H groups in total. The van der Waals surface area contributed by atoms with Crippen LogP contribution in [-0.4, -0.2) is 34.3 Å². The highest BCUT2D eigenvalue weighted by atomic mass is 32.2. The summed E-state index contributed by atoms with van der Waals surface area (Å²) in [7, 11) is -1.28. The van der Waals surface area contributed by atoms with E-state index < -0.39 is 10.0 Å². The predicted octanol–water partition coefficient (Wildman–Crippen LogP) is 2.07. The van der Waals surface area contributed by atoms with E-state index in [9.17, 15) is 8.42 Å². The fourth-order valence-corrected chi connectivity index (χ4v) is 8.09. The van der Waals surface area contributed by atoms with Crippen LogP contribution >= 0.6 is 0 Å². The van der Waals surface area contributed by atoms with Gasteiger partial charge < -0.3 is 0 Å². The first-order valence-electron chi connectivity index (χ1n) is 8.16. The molecule has 6 heteroatoms. The Labute approximate surface area is 132 Å². The van der Waals surface area contributed by atoms with Gasteiger partial charge in [0.15, 0.2) is 0 Å². The van der Waals surface area contributed by atoms with Gasteiger partial charge in [0.2, 0.25) is 10.0 Å². The molecule has 2 bridgehead atoms. The second-order valence-corrected chi connectivity index (χ2v) is 10.0. The normalized spacial score (nSPS) is 38.5. The van der Waals surface area contributed by atoms with Gasteiger partial charge in [-0.2, -0.15) is 9.40 Å². The Morgan fingerprint density at radius 2 is 2.14 bits per heavy atom. The standard InChI is InChI=1S/C16H25N3O2S/c1-11-12(8-18(4)17-11)9-19-14-7-13-5-6-16(14,15(13,2)3)10-22(19,20)21/h8,13-14H,5-7,9-10H2,1-4H3/t13-,14-,16-/m1/s1. The van der Waals surface area contributed by atoms with Crippen LogP contribution < -0.4 is 0 Å². The Hall–Kier alpha value is -0.880. The van der Waals surface area contributed by atoms with E-state index in [1.165, 1.54) is 6.42 Å². The van der Waals surface area contributed by atoms with Gasteiger partial charge in [0.05, 0.1) is 11.4 Å². The molecule has 0 radical (unpaired) electrons. The third-order valence-electron chi connectivity index (χ3n) is 6.97. The highest BCUT2D eigenvalue weighted by molar-refractivity contribution is 7.89. The maximum atomic E-state index is 12.9. The molecule has 2 saturated carbocycles. The van der Waals surface area contributed by atoms with Gasteiger partial charge in [0, 0.05) is 36.8 Å². The van der Waals surface area contributed by atoms with E-state index in [1.54, 1.807) is 8.99 Å². The smallest absolute Gasteiger partial charge is 0.215 e. The molecule has 122 valence electrons. The summed E-state index contributed by atoms with van der Waals surface area (Å²) in [6.07, 6.45) is 5.25. The van der Waals surface area contributed by atoms with Gasteiger partial charge in [0.25, 0.3) is 0 Å². The highest BCUT2D eigenvalue weighted by Crippen LogP contribution is 2.70. The first-order valence-corrected chi connectivity index (χ1v) is 9.77. The van der Waals surface area contributed by atoms with Crippen LogP contribution in [0.2, 0.25) is 0 Å². The van der Waals surface area contributed by atoms with E-state index in [0.29, 0.717) is 18.2 Å². The summed E-state index contributed by atoms with van der Waals surface area (Å²) >= 11 is 0. The number of nitrogens with zero attached hydrogens (tertiary/aromatic N) is 3. The fraction of sp³-hybridized carbons (Fsp3) is 0.812. The van der Waals surface area contributed by atoms with Crippen LogP contribution in [0.3, 0.4) is 0 Å². The second kappa shape index (κ2) is 4.15. The topological polar surface area (TPSA) is 55.2 Å². The number of hydrogen-bond donors (Lipinski definition) is 0. The number of sulfonamides is 1. The first-order chi connectivity index (χ1) is 10.2. The summed E-state index contributed by atoms with van der Waals surface area (Å²) in [4.78, 5) is 0. The highest BCUT2D eigenvalue weighted by Gasteiger charge is 2.71. The lowest BCUT2D eigenvalue weighted by atomic mass is 9.69. The van der Waals surface area contributed by atoms with Crippen molar-refractivity contribution in [3.63, 3.8) is 0 Å². The Morgan fingerprint density at radius 1 is 1.41 bits per heavy atom. The maximum Gasteiger partial charge on any atom is 0.215 e. The van der Waals surface area contributed by atoms with E-state index in [2.05, 4.69) is 18.9 Å². The van der Waals surface area contributed by atoms with Crippen molar-refractivity contribution in [2.45, 2.75) is 52.6 Å². The Bertz CT molecular complexity index is 737. The minimum Gasteiger partial charge on any atom is -0.275 e. The second-order valence-electron chi connectivity index (χ2n) is 8.08. The molecular formula is C16H25N3O2S. The first kappa shape index (κ1) is 14.7. The van der Waals surface area contributed by atoms with Gasteiger partial charge in [0.1, 0.15) is 0 Å². The lowest BCUT2D eigenvalue weighted by Gasteiger charge is -2.37. The third kappa shape index (κ3) is 1.63. The van der Waals surface area contributed by atoms with Crippen LogP contribution in [0.1, 0.15) is 44.4 Å². The number of aromatic nitrogens is 2. The molecule has 0 amide bonds. The Morgan fingerprint density at radius 3 is 2.73 bits per heavy atom. The van der Waals surface area contributed by atoms with Gasteiger partial charge in [-0.1, -0.05) is 13.8 Å². The van der Waals surface area contributed by atoms with Gasteiger partial charge in [-0.25, -0.2) is 8.42 Å². The molecule has 1 aromatic rings. The summed E-state index contributed by atoms with van der Waals surface area (Å²) in [5, 5.41) is 4.36. The molecule has 22 heavy (non-hydrogen) atoms. The quantitative estimate of drug-likeness (QED) is 0.837. The fourth-order valence-electron chi connectivity index (χ4n) is 5.56. The van der Waals surface area contributed by atoms with Crippen LogP contribution in [0.5, 0.6) is 0 Å². The lowest BCUT2D eigenvalue weighted by molar-refractivity contribution is 0.112. The Kier molecular flexibility index (Phi) is 2.77. The molecule has 1 saturated heterocycles. The zero-order valence-electron chi connectivity index (χ0n) is 13.8. The minimum atomic E-state index is -3.17. The van der Waals surface area contributed by atoms with E-state index in [4.69, 9.17) is 0 Å². The monoisotopic (exact) mass is 323 g/mol. The molecule has 2 heterocycles. The zero-order valence-corrected chi connectivity index (χ0v) is 14.7. The van der Waals surface area contributed by atoms with Crippen molar-refractivity contribution in [1.82, 2.24) is 14.1 Å². The van der Waals surface area contributed by atoms with E-state index >= 15 is 0 Å². The van der Waals surface area contributed by atoms with Crippen LogP contribution in [0.25, 0.3) is 0 Å². The van der Waals surface area contributed by atoms with Crippen molar-refractivity contribution in [2.75, 3.05) is 5.75 Å². The molecule has 3 fully saturated rings. The molecule has 2 aliphatic carbocycles. The van der Waals surface area contributed by atoms with Crippen molar-refractivity contribution in [2.24, 2.45) is 23.8 Å². The van der Waals surface area contributed by atoms with Gasteiger partial charge >= 0.3 is 0 Å². The Balaban J connectivity index is 1.74. The number of hydrogen-bond acceptors (Lipinski definition) is 3. The van der Waals surface area contributed by atoms with Crippen molar-refractivity contribution in [3.05, 3.63) is 17.5 Å². The molecule has 1 aromatic heterocycles. The molecular weight excluding hydrogens is 298 g/mol. The maximum absolute atomic E-state index is 12.9. The molecule has 0 aromatic carbocycles. The number of fused-ring (bicyclic) bond motifs is 1. The third-order valence-corrected chi connectivity index (χ3v) is 8.95. The summed E-state index contributed by atoms with van der Waals surface area (Å²) in [5.41, 5.74) is 2.07. The van der Waals surface area contributed by atoms with E-state index in [0.717, 1.165) is 24.1 Å². The summed E-state index contributed by atoms with van der Waals surface area (Å²) in [6.45, 7) is 7.02. The number of aryl methyl sites for hydroxylation is 2. The van der Waals surface area contributed by atoms with Crippen LogP contribution in [0.4, 0.5) is 0 Å². The van der Waals surface area contributed by atoms with E-state index in [1.807, 2.05) is 20.2 Å². The predicted molar refractivity (Wildman–Crippen MR) is 84.6 cm³/mol.